The van der Waals surface area contributed by atoms with Crippen molar-refractivity contribution >= 4 is 5.91 Å². The van der Waals surface area contributed by atoms with Crippen LogP contribution in [0, 0.1) is 6.92 Å². The lowest BCUT2D eigenvalue weighted by Crippen LogP contribution is -2.27. The van der Waals surface area contributed by atoms with E-state index in [9.17, 15) is 4.79 Å². The van der Waals surface area contributed by atoms with Crippen molar-refractivity contribution in [2.45, 2.75) is 19.8 Å². The number of carbonyl (C=O) groups excluding carboxylic acids is 1. The molecule has 2 aromatic carbocycles. The van der Waals surface area contributed by atoms with Gasteiger partial charge in [-0.15, -0.1) is 11.7 Å². The average Bonchev–Trinajstić information content (AvgIpc) is 3.11. The highest BCUT2D eigenvalue weighted by molar-refractivity contribution is 5.90. The van der Waals surface area contributed by atoms with Crippen LogP contribution in [-0.4, -0.2) is 39.2 Å². The Morgan fingerprint density at radius 2 is 1.81 bits per heavy atom. The number of nitrogens with zero attached hydrogens (tertiary/aromatic N) is 4. The highest BCUT2D eigenvalue weighted by Crippen LogP contribution is 2.17. The fourth-order valence-corrected chi connectivity index (χ4v) is 2.94. The molecule has 27 heavy (non-hydrogen) atoms. The molecule has 138 valence electrons. The molecule has 3 aromatic rings. The van der Waals surface area contributed by atoms with E-state index in [1.165, 1.54) is 5.56 Å². The molecule has 1 heterocycles. The van der Waals surface area contributed by atoms with Crippen LogP contribution in [0.5, 0.6) is 0 Å². The van der Waals surface area contributed by atoms with E-state index in [0.29, 0.717) is 13.0 Å². The second-order valence-corrected chi connectivity index (χ2v) is 6.51. The fourth-order valence-electron chi connectivity index (χ4n) is 2.94. The van der Waals surface area contributed by atoms with Crippen LogP contribution < -0.4 is 0 Å². The number of carbonyl (C=O) groups is 1. The number of rotatable bonds is 7. The van der Waals surface area contributed by atoms with Crippen LogP contribution in [0.15, 0.2) is 67.3 Å². The average molecular weight is 360 g/mol. The highest BCUT2D eigenvalue weighted by atomic mass is 16.2. The van der Waals surface area contributed by atoms with Crippen LogP contribution in [0.25, 0.3) is 5.69 Å². The van der Waals surface area contributed by atoms with Gasteiger partial charge in [0, 0.05) is 20.0 Å². The van der Waals surface area contributed by atoms with Crippen LogP contribution in [0.3, 0.4) is 0 Å². The molecule has 0 aliphatic heterocycles. The van der Waals surface area contributed by atoms with Crippen LogP contribution in [0.4, 0.5) is 0 Å². The Labute approximate surface area is 160 Å². The van der Waals surface area contributed by atoms with Crippen molar-refractivity contribution in [3.05, 3.63) is 90.0 Å². The fraction of sp³-hybridized carbons (Fsp3) is 0.227. The summed E-state index contributed by atoms with van der Waals surface area (Å²) in [6.45, 7) is 6.17. The summed E-state index contributed by atoms with van der Waals surface area (Å²) in [6, 6.07) is 18.2. The molecular weight excluding hydrogens is 336 g/mol. The zero-order valence-corrected chi connectivity index (χ0v) is 15.8. The maximum absolute atomic E-state index is 12.6. The molecule has 0 radical (unpaired) electrons. The summed E-state index contributed by atoms with van der Waals surface area (Å²) >= 11 is 0. The van der Waals surface area contributed by atoms with E-state index >= 15 is 0 Å². The first-order chi connectivity index (χ1) is 13.1. The van der Waals surface area contributed by atoms with Crippen molar-refractivity contribution in [2.24, 2.45) is 0 Å². The number of hydrogen-bond donors (Lipinski definition) is 0. The molecule has 0 bridgehead atoms. The van der Waals surface area contributed by atoms with E-state index < -0.39 is 0 Å². The van der Waals surface area contributed by atoms with Crippen molar-refractivity contribution in [1.82, 2.24) is 19.7 Å². The predicted molar refractivity (Wildman–Crippen MR) is 107 cm³/mol. The maximum Gasteiger partial charge on any atom is 0.293 e. The number of aryl methyl sites for hydroxylation is 3. The standard InChI is InChI=1S/C22H24N4O/c1-4-16-25(3)22(27)21-23-20(15-14-18-11-6-5-7-12-18)26(24-21)19-13-9-8-10-17(19)2/h4-13H,1,14-16H2,2-3H3. The van der Waals surface area contributed by atoms with Crippen molar-refractivity contribution < 1.29 is 4.79 Å². The molecule has 0 atom stereocenters. The minimum Gasteiger partial charge on any atom is -0.335 e. The SMILES string of the molecule is C=CCN(C)C(=O)c1nc(CCc2ccccc2)n(-c2ccccc2C)n1. The van der Waals surface area contributed by atoms with Crippen LogP contribution in [0.1, 0.15) is 27.6 Å². The van der Waals surface area contributed by atoms with Crippen LogP contribution in [-0.2, 0) is 12.8 Å². The third-order valence-electron chi connectivity index (χ3n) is 4.44. The van der Waals surface area contributed by atoms with Crippen molar-refractivity contribution in [3.8, 4) is 5.69 Å². The first kappa shape index (κ1) is 18.6. The van der Waals surface area contributed by atoms with Gasteiger partial charge in [0.2, 0.25) is 5.82 Å². The summed E-state index contributed by atoms with van der Waals surface area (Å²) in [5, 5.41) is 4.54. The Hall–Kier alpha value is -3.21. The lowest BCUT2D eigenvalue weighted by molar-refractivity contribution is 0.0798. The molecule has 1 amide bonds. The predicted octanol–water partition coefficient (Wildman–Crippen LogP) is 3.62. The van der Waals surface area contributed by atoms with Gasteiger partial charge in [-0.3, -0.25) is 4.79 Å². The molecule has 0 saturated carbocycles. The quantitative estimate of drug-likeness (QED) is 0.605. The molecular formula is C22H24N4O. The van der Waals surface area contributed by atoms with Crippen LogP contribution in [0.2, 0.25) is 0 Å². The molecule has 0 spiro atoms. The second kappa shape index (κ2) is 8.45. The van der Waals surface area contributed by atoms with Gasteiger partial charge in [-0.1, -0.05) is 54.6 Å². The number of amides is 1. The van der Waals surface area contributed by atoms with Gasteiger partial charge >= 0.3 is 0 Å². The zero-order valence-electron chi connectivity index (χ0n) is 15.8. The summed E-state index contributed by atoms with van der Waals surface area (Å²) in [6.07, 6.45) is 3.22. The summed E-state index contributed by atoms with van der Waals surface area (Å²) in [5.74, 6) is 0.789. The summed E-state index contributed by atoms with van der Waals surface area (Å²) in [5.41, 5.74) is 3.26. The number of aromatic nitrogens is 3. The lowest BCUT2D eigenvalue weighted by atomic mass is 10.1. The van der Waals surface area contributed by atoms with Crippen molar-refractivity contribution in [1.29, 1.82) is 0 Å². The van der Waals surface area contributed by atoms with Gasteiger partial charge in [-0.05, 0) is 30.5 Å². The van der Waals surface area contributed by atoms with Gasteiger partial charge in [0.15, 0.2) is 0 Å². The molecule has 0 aliphatic carbocycles. The summed E-state index contributed by atoms with van der Waals surface area (Å²) in [7, 11) is 1.72. The third kappa shape index (κ3) is 4.31. The Bertz CT molecular complexity index is 930. The normalized spacial score (nSPS) is 10.6. The zero-order chi connectivity index (χ0) is 19.2. The van der Waals surface area contributed by atoms with Gasteiger partial charge in [-0.2, -0.15) is 0 Å². The van der Waals surface area contributed by atoms with E-state index in [0.717, 1.165) is 23.5 Å². The number of hydrogen-bond acceptors (Lipinski definition) is 3. The smallest absolute Gasteiger partial charge is 0.293 e. The first-order valence-electron chi connectivity index (χ1n) is 9.02. The van der Waals surface area contributed by atoms with Gasteiger partial charge in [0.05, 0.1) is 5.69 Å². The van der Waals surface area contributed by atoms with E-state index in [1.54, 1.807) is 22.7 Å². The van der Waals surface area contributed by atoms with E-state index in [2.05, 4.69) is 28.8 Å². The Morgan fingerprint density at radius 3 is 2.52 bits per heavy atom. The minimum absolute atomic E-state index is 0.205. The molecule has 0 N–H and O–H groups in total. The minimum atomic E-state index is -0.205. The topological polar surface area (TPSA) is 51.0 Å². The summed E-state index contributed by atoms with van der Waals surface area (Å²) < 4.78 is 1.80. The molecule has 0 saturated heterocycles. The van der Waals surface area contributed by atoms with Gasteiger partial charge in [0.25, 0.3) is 5.91 Å². The summed E-state index contributed by atoms with van der Waals surface area (Å²) in [4.78, 5) is 18.8. The number of para-hydroxylation sites is 1. The number of benzene rings is 2. The molecule has 1 aromatic heterocycles. The molecule has 0 aliphatic rings. The monoisotopic (exact) mass is 360 g/mol. The van der Waals surface area contributed by atoms with Crippen molar-refractivity contribution in [3.63, 3.8) is 0 Å². The van der Waals surface area contributed by atoms with Gasteiger partial charge in [-0.25, -0.2) is 9.67 Å². The highest BCUT2D eigenvalue weighted by Gasteiger charge is 2.20. The van der Waals surface area contributed by atoms with Gasteiger partial charge < -0.3 is 4.90 Å². The molecule has 0 fully saturated rings. The molecule has 0 unspecified atom stereocenters. The van der Waals surface area contributed by atoms with E-state index in [-0.39, 0.29) is 11.7 Å². The first-order valence-corrected chi connectivity index (χ1v) is 9.02. The molecule has 5 nitrogen and oxygen atoms in total. The largest absolute Gasteiger partial charge is 0.335 e. The van der Waals surface area contributed by atoms with E-state index in [1.807, 2.05) is 49.4 Å². The Morgan fingerprint density at radius 1 is 1.11 bits per heavy atom. The van der Waals surface area contributed by atoms with Crippen LogP contribution >= 0.6 is 0 Å². The molecule has 5 heteroatoms. The Kier molecular flexibility index (Phi) is 5.81. The van der Waals surface area contributed by atoms with Crippen molar-refractivity contribution in [2.75, 3.05) is 13.6 Å². The lowest BCUT2D eigenvalue weighted by Gasteiger charge is -2.11. The van der Waals surface area contributed by atoms with Gasteiger partial charge in [0.1, 0.15) is 5.82 Å². The second-order valence-electron chi connectivity index (χ2n) is 6.51. The molecule has 3 rings (SSSR count). The van der Waals surface area contributed by atoms with E-state index in [4.69, 9.17) is 0 Å². The number of likely N-dealkylation sites (N-methyl/N-ethyl adjacent to an activating group) is 1. The maximum atomic E-state index is 12.6. The third-order valence-corrected chi connectivity index (χ3v) is 4.44. The Balaban J connectivity index is 1.95.